The summed E-state index contributed by atoms with van der Waals surface area (Å²) in [6.07, 6.45) is 6.97. The summed E-state index contributed by atoms with van der Waals surface area (Å²) in [4.78, 5) is 4.60. The third kappa shape index (κ3) is 3.14. The summed E-state index contributed by atoms with van der Waals surface area (Å²) in [5.41, 5.74) is 7.52. The number of pyridine rings is 1. The average molecular weight is 275 g/mol. The quantitative estimate of drug-likeness (QED) is 0.884. The molecule has 0 bridgehead atoms. The second kappa shape index (κ2) is 5.72. The molecule has 0 spiro atoms. The summed E-state index contributed by atoms with van der Waals surface area (Å²) in [6, 6.07) is 4.27. The largest absolute Gasteiger partial charge is 0.363 e. The molecule has 2 rings (SSSR count). The summed E-state index contributed by atoms with van der Waals surface area (Å²) in [6.45, 7) is 9.62. The lowest BCUT2D eigenvalue weighted by atomic mass is 9.73. The maximum Gasteiger partial charge on any atom is 0.126 e. The molecule has 0 radical (unpaired) electrons. The topological polar surface area (TPSA) is 50.9 Å². The Hall–Kier alpha value is -1.09. The van der Waals surface area contributed by atoms with Crippen LogP contribution in [0.4, 0.5) is 5.82 Å². The predicted octanol–water partition coefficient (Wildman–Crippen LogP) is 3.70. The van der Waals surface area contributed by atoms with Crippen molar-refractivity contribution in [2.24, 2.45) is 11.7 Å². The van der Waals surface area contributed by atoms with E-state index in [1.807, 2.05) is 6.20 Å². The number of nitrogens with two attached hydrogens (primary N) is 1. The number of anilines is 1. The third-order valence-corrected chi connectivity index (χ3v) is 4.82. The fourth-order valence-electron chi connectivity index (χ4n) is 3.12. The molecule has 0 amide bonds. The smallest absolute Gasteiger partial charge is 0.126 e. The highest BCUT2D eigenvalue weighted by Gasteiger charge is 2.37. The van der Waals surface area contributed by atoms with Crippen LogP contribution in [0.1, 0.15) is 58.9 Å². The highest BCUT2D eigenvalue weighted by Crippen LogP contribution is 2.35. The third-order valence-electron chi connectivity index (χ3n) is 4.82. The van der Waals surface area contributed by atoms with Crippen molar-refractivity contribution < 1.29 is 0 Å². The molecule has 2 unspecified atom stereocenters. The second-order valence-electron chi connectivity index (χ2n) is 7.31. The molecule has 1 aliphatic carbocycles. The molecule has 3 heteroatoms. The lowest BCUT2D eigenvalue weighted by molar-refractivity contribution is 0.235. The lowest BCUT2D eigenvalue weighted by Gasteiger charge is -2.43. The minimum absolute atomic E-state index is 0.0223. The molecule has 1 heterocycles. The van der Waals surface area contributed by atoms with E-state index in [9.17, 15) is 0 Å². The Morgan fingerprint density at radius 1 is 1.35 bits per heavy atom. The summed E-state index contributed by atoms with van der Waals surface area (Å²) >= 11 is 0. The maximum atomic E-state index is 6.09. The van der Waals surface area contributed by atoms with Crippen LogP contribution in [0.15, 0.2) is 18.3 Å². The van der Waals surface area contributed by atoms with E-state index in [0.717, 1.165) is 12.2 Å². The number of rotatable bonds is 3. The van der Waals surface area contributed by atoms with Crippen molar-refractivity contribution in [3.63, 3.8) is 0 Å². The van der Waals surface area contributed by atoms with Crippen LogP contribution in [-0.2, 0) is 5.41 Å². The van der Waals surface area contributed by atoms with E-state index in [1.165, 1.54) is 24.8 Å². The van der Waals surface area contributed by atoms with Crippen LogP contribution in [0.2, 0.25) is 0 Å². The highest BCUT2D eigenvalue weighted by molar-refractivity contribution is 5.40. The molecular formula is C17H29N3. The van der Waals surface area contributed by atoms with Gasteiger partial charge < -0.3 is 11.1 Å². The lowest BCUT2D eigenvalue weighted by Crippen LogP contribution is -2.52. The number of aromatic nitrogens is 1. The fraction of sp³-hybridized carbons (Fsp3) is 0.706. The molecular weight excluding hydrogens is 246 g/mol. The van der Waals surface area contributed by atoms with Gasteiger partial charge in [-0.15, -0.1) is 0 Å². The Balaban J connectivity index is 2.16. The van der Waals surface area contributed by atoms with Crippen LogP contribution in [0.25, 0.3) is 0 Å². The number of nitrogens with zero attached hydrogens (tertiary/aromatic N) is 1. The van der Waals surface area contributed by atoms with Gasteiger partial charge in [-0.05, 0) is 35.8 Å². The van der Waals surface area contributed by atoms with E-state index < -0.39 is 0 Å². The Labute approximate surface area is 123 Å². The van der Waals surface area contributed by atoms with Gasteiger partial charge in [0.05, 0.1) is 5.54 Å². The van der Waals surface area contributed by atoms with Crippen molar-refractivity contribution >= 4 is 5.82 Å². The van der Waals surface area contributed by atoms with E-state index in [2.05, 4.69) is 50.1 Å². The molecule has 1 aromatic rings. The van der Waals surface area contributed by atoms with Crippen molar-refractivity contribution in [1.82, 2.24) is 4.98 Å². The molecule has 112 valence electrons. The van der Waals surface area contributed by atoms with Gasteiger partial charge in [-0.3, -0.25) is 0 Å². The standard InChI is InChI=1S/C17H29N3/c1-13-7-5-6-10-17(13,12-18)20-15-9-8-14(11-19-15)16(2,3)4/h8-9,11,13H,5-7,10,12,18H2,1-4H3,(H,19,20). The van der Waals surface area contributed by atoms with Crippen LogP contribution in [0.3, 0.4) is 0 Å². The van der Waals surface area contributed by atoms with E-state index in [4.69, 9.17) is 5.73 Å². The minimum Gasteiger partial charge on any atom is -0.363 e. The van der Waals surface area contributed by atoms with Crippen LogP contribution < -0.4 is 11.1 Å². The predicted molar refractivity (Wildman–Crippen MR) is 86.0 cm³/mol. The normalized spacial score (nSPS) is 27.4. The van der Waals surface area contributed by atoms with Gasteiger partial charge in [0.1, 0.15) is 5.82 Å². The van der Waals surface area contributed by atoms with Crippen molar-refractivity contribution in [2.45, 2.75) is 64.3 Å². The SMILES string of the molecule is CC1CCCCC1(CN)Nc1ccc(C(C)(C)C)cn1. The number of hydrogen-bond acceptors (Lipinski definition) is 3. The molecule has 1 aromatic heterocycles. The fourth-order valence-corrected chi connectivity index (χ4v) is 3.12. The molecule has 3 nitrogen and oxygen atoms in total. The first kappa shape index (κ1) is 15.3. The number of hydrogen-bond donors (Lipinski definition) is 2. The summed E-state index contributed by atoms with van der Waals surface area (Å²) < 4.78 is 0. The maximum absolute atomic E-state index is 6.09. The van der Waals surface area contributed by atoms with Gasteiger partial charge in [-0.25, -0.2) is 4.98 Å². The van der Waals surface area contributed by atoms with E-state index in [1.54, 1.807) is 0 Å². The zero-order chi connectivity index (χ0) is 14.8. The summed E-state index contributed by atoms with van der Waals surface area (Å²) in [5, 5.41) is 3.64. The van der Waals surface area contributed by atoms with E-state index in [-0.39, 0.29) is 11.0 Å². The van der Waals surface area contributed by atoms with Gasteiger partial charge in [-0.2, -0.15) is 0 Å². The molecule has 1 aliphatic rings. The molecule has 3 N–H and O–H groups in total. The van der Waals surface area contributed by atoms with Crippen molar-refractivity contribution in [3.05, 3.63) is 23.9 Å². The number of nitrogens with one attached hydrogen (secondary N) is 1. The zero-order valence-corrected chi connectivity index (χ0v) is 13.4. The zero-order valence-electron chi connectivity index (χ0n) is 13.4. The highest BCUT2D eigenvalue weighted by atomic mass is 15.1. The van der Waals surface area contributed by atoms with Gasteiger partial charge in [0.15, 0.2) is 0 Å². The molecule has 2 atom stereocenters. The summed E-state index contributed by atoms with van der Waals surface area (Å²) in [7, 11) is 0. The molecule has 20 heavy (non-hydrogen) atoms. The monoisotopic (exact) mass is 275 g/mol. The van der Waals surface area contributed by atoms with Gasteiger partial charge in [0.2, 0.25) is 0 Å². The first-order chi connectivity index (χ1) is 9.37. The van der Waals surface area contributed by atoms with Gasteiger partial charge in [0.25, 0.3) is 0 Å². The van der Waals surface area contributed by atoms with Gasteiger partial charge in [-0.1, -0.05) is 46.6 Å². The van der Waals surface area contributed by atoms with Crippen LogP contribution in [-0.4, -0.2) is 17.1 Å². The first-order valence-electron chi connectivity index (χ1n) is 7.82. The summed E-state index contributed by atoms with van der Waals surface area (Å²) in [5.74, 6) is 1.56. The Kier molecular flexibility index (Phi) is 4.38. The Bertz CT molecular complexity index is 433. The second-order valence-corrected chi connectivity index (χ2v) is 7.31. The molecule has 0 saturated heterocycles. The van der Waals surface area contributed by atoms with Gasteiger partial charge >= 0.3 is 0 Å². The first-order valence-corrected chi connectivity index (χ1v) is 7.82. The van der Waals surface area contributed by atoms with Crippen LogP contribution in [0.5, 0.6) is 0 Å². The van der Waals surface area contributed by atoms with Crippen LogP contribution in [0, 0.1) is 5.92 Å². The molecule has 1 saturated carbocycles. The molecule has 0 aliphatic heterocycles. The van der Waals surface area contributed by atoms with E-state index >= 15 is 0 Å². The van der Waals surface area contributed by atoms with Crippen molar-refractivity contribution in [2.75, 3.05) is 11.9 Å². The Morgan fingerprint density at radius 2 is 2.10 bits per heavy atom. The Morgan fingerprint density at radius 3 is 2.60 bits per heavy atom. The minimum atomic E-state index is 0.0223. The van der Waals surface area contributed by atoms with Crippen molar-refractivity contribution in [3.8, 4) is 0 Å². The van der Waals surface area contributed by atoms with Crippen molar-refractivity contribution in [1.29, 1.82) is 0 Å². The van der Waals surface area contributed by atoms with E-state index in [0.29, 0.717) is 12.5 Å². The van der Waals surface area contributed by atoms with Crippen LogP contribution >= 0.6 is 0 Å². The van der Waals surface area contributed by atoms with Gasteiger partial charge in [0, 0.05) is 12.7 Å². The average Bonchev–Trinajstić information content (AvgIpc) is 2.41. The molecule has 0 aromatic carbocycles. The molecule has 1 fully saturated rings.